The quantitative estimate of drug-likeness (QED) is 0.801. The molecular weight excluding hydrogens is 334 g/mol. The summed E-state index contributed by atoms with van der Waals surface area (Å²) in [5.41, 5.74) is 2.28. The molecule has 0 spiro atoms. The summed E-state index contributed by atoms with van der Waals surface area (Å²) in [5.74, 6) is 0.617. The Kier molecular flexibility index (Phi) is 6.50. The lowest BCUT2D eigenvalue weighted by Gasteiger charge is -2.06. The largest absolute Gasteiger partial charge is 0.465 e. The number of rotatable bonds is 6. The van der Waals surface area contributed by atoms with Crippen molar-refractivity contribution in [2.45, 2.75) is 5.75 Å². The summed E-state index contributed by atoms with van der Waals surface area (Å²) in [6, 6.07) is 14.1. The van der Waals surface area contributed by atoms with Crippen molar-refractivity contribution in [3.8, 4) is 0 Å². The van der Waals surface area contributed by atoms with E-state index in [1.165, 1.54) is 18.9 Å². The third-order valence-corrected chi connectivity index (χ3v) is 4.26. The first-order valence-electron chi connectivity index (χ1n) is 6.89. The van der Waals surface area contributed by atoms with Crippen LogP contribution in [0.2, 0.25) is 5.02 Å². The van der Waals surface area contributed by atoms with Crippen LogP contribution < -0.4 is 5.32 Å². The van der Waals surface area contributed by atoms with Crippen LogP contribution in [0.15, 0.2) is 48.5 Å². The summed E-state index contributed by atoms with van der Waals surface area (Å²) in [7, 11) is 1.35. The molecule has 1 N–H and O–H groups in total. The number of benzene rings is 2. The number of nitrogens with one attached hydrogen (secondary N) is 1. The first kappa shape index (κ1) is 17.4. The summed E-state index contributed by atoms with van der Waals surface area (Å²) in [6.07, 6.45) is 0. The fourth-order valence-electron chi connectivity index (χ4n) is 1.85. The zero-order valence-corrected chi connectivity index (χ0v) is 14.1. The molecule has 4 nitrogen and oxygen atoms in total. The van der Waals surface area contributed by atoms with E-state index in [0.717, 1.165) is 11.3 Å². The second kappa shape index (κ2) is 8.60. The van der Waals surface area contributed by atoms with Crippen molar-refractivity contribution in [2.75, 3.05) is 18.2 Å². The van der Waals surface area contributed by atoms with E-state index in [1.54, 1.807) is 36.4 Å². The maximum Gasteiger partial charge on any atom is 0.337 e. The van der Waals surface area contributed by atoms with Crippen LogP contribution in [-0.2, 0) is 15.3 Å². The summed E-state index contributed by atoms with van der Waals surface area (Å²) in [4.78, 5) is 23.2. The Labute approximate surface area is 144 Å². The molecule has 0 aliphatic rings. The predicted molar refractivity (Wildman–Crippen MR) is 94.0 cm³/mol. The van der Waals surface area contributed by atoms with Gasteiger partial charge in [-0.15, -0.1) is 11.8 Å². The lowest BCUT2D eigenvalue weighted by molar-refractivity contribution is -0.113. The van der Waals surface area contributed by atoms with Gasteiger partial charge in [-0.05, 0) is 42.0 Å². The van der Waals surface area contributed by atoms with Crippen LogP contribution in [0.4, 0.5) is 5.69 Å². The molecule has 23 heavy (non-hydrogen) atoms. The van der Waals surface area contributed by atoms with Gasteiger partial charge in [0.05, 0.1) is 18.4 Å². The minimum absolute atomic E-state index is 0.0662. The van der Waals surface area contributed by atoms with Gasteiger partial charge in [0.15, 0.2) is 0 Å². The summed E-state index contributed by atoms with van der Waals surface area (Å²) in [5, 5.41) is 3.44. The molecule has 0 atom stereocenters. The van der Waals surface area contributed by atoms with E-state index in [-0.39, 0.29) is 11.9 Å². The van der Waals surface area contributed by atoms with Crippen molar-refractivity contribution < 1.29 is 14.3 Å². The standard InChI is InChI=1S/C17H16ClNO3S/c1-22-17(21)13-4-2-12(3-5-13)10-23-11-16(20)19-15-8-6-14(18)7-9-15/h2-9H,10-11H2,1H3,(H,19,20). The van der Waals surface area contributed by atoms with Gasteiger partial charge in [-0.3, -0.25) is 4.79 Å². The highest BCUT2D eigenvalue weighted by Crippen LogP contribution is 2.16. The van der Waals surface area contributed by atoms with Crippen LogP contribution in [0, 0.1) is 0 Å². The monoisotopic (exact) mass is 349 g/mol. The number of hydrogen-bond donors (Lipinski definition) is 1. The normalized spacial score (nSPS) is 10.2. The molecule has 2 aromatic rings. The van der Waals surface area contributed by atoms with E-state index >= 15 is 0 Å². The van der Waals surface area contributed by atoms with E-state index in [2.05, 4.69) is 10.1 Å². The number of carbonyl (C=O) groups is 2. The van der Waals surface area contributed by atoms with Crippen molar-refractivity contribution in [1.82, 2.24) is 0 Å². The van der Waals surface area contributed by atoms with Crippen LogP contribution in [0.1, 0.15) is 15.9 Å². The van der Waals surface area contributed by atoms with Crippen molar-refractivity contribution in [3.63, 3.8) is 0 Å². The molecule has 0 saturated carbocycles. The molecule has 0 aliphatic heterocycles. The SMILES string of the molecule is COC(=O)c1ccc(CSCC(=O)Nc2ccc(Cl)cc2)cc1. The number of anilines is 1. The number of carbonyl (C=O) groups excluding carboxylic acids is 2. The van der Waals surface area contributed by atoms with Crippen molar-refractivity contribution in [2.24, 2.45) is 0 Å². The Bertz CT molecular complexity index is 671. The highest BCUT2D eigenvalue weighted by molar-refractivity contribution is 7.99. The molecule has 0 heterocycles. The topological polar surface area (TPSA) is 55.4 Å². The third kappa shape index (κ3) is 5.62. The smallest absolute Gasteiger partial charge is 0.337 e. The highest BCUT2D eigenvalue weighted by Gasteiger charge is 2.06. The fourth-order valence-corrected chi connectivity index (χ4v) is 2.76. The van der Waals surface area contributed by atoms with Crippen molar-refractivity contribution >= 4 is 40.9 Å². The summed E-state index contributed by atoms with van der Waals surface area (Å²) in [6.45, 7) is 0. The van der Waals surface area contributed by atoms with Gasteiger partial charge in [0.1, 0.15) is 0 Å². The third-order valence-electron chi connectivity index (χ3n) is 3.00. The van der Waals surface area contributed by atoms with E-state index in [9.17, 15) is 9.59 Å². The molecule has 0 fully saturated rings. The molecule has 2 aromatic carbocycles. The first-order valence-corrected chi connectivity index (χ1v) is 8.42. The van der Waals surface area contributed by atoms with Crippen LogP contribution in [0.3, 0.4) is 0 Å². The lowest BCUT2D eigenvalue weighted by Crippen LogP contribution is -2.14. The number of halogens is 1. The van der Waals surface area contributed by atoms with E-state index in [4.69, 9.17) is 11.6 Å². The number of thioether (sulfide) groups is 1. The molecule has 0 unspecified atom stereocenters. The highest BCUT2D eigenvalue weighted by atomic mass is 35.5. The zero-order chi connectivity index (χ0) is 16.7. The number of methoxy groups -OCH3 is 1. The predicted octanol–water partition coefficient (Wildman–Crippen LogP) is 4.00. The molecule has 1 amide bonds. The fraction of sp³-hybridized carbons (Fsp3) is 0.176. The van der Waals surface area contributed by atoms with Gasteiger partial charge in [-0.1, -0.05) is 23.7 Å². The van der Waals surface area contributed by atoms with E-state index < -0.39 is 0 Å². The summed E-state index contributed by atoms with van der Waals surface area (Å²) < 4.78 is 4.65. The Morgan fingerprint density at radius 3 is 2.35 bits per heavy atom. The Balaban J connectivity index is 1.77. The van der Waals surface area contributed by atoms with Crippen molar-refractivity contribution in [3.05, 3.63) is 64.7 Å². The van der Waals surface area contributed by atoms with Crippen molar-refractivity contribution in [1.29, 1.82) is 0 Å². The van der Waals surface area contributed by atoms with Crippen LogP contribution >= 0.6 is 23.4 Å². The molecule has 0 saturated heterocycles. The second-order valence-electron chi connectivity index (χ2n) is 4.74. The molecule has 0 aliphatic carbocycles. The molecular formula is C17H16ClNO3S. The van der Waals surface area contributed by atoms with Gasteiger partial charge < -0.3 is 10.1 Å². The molecule has 2 rings (SSSR count). The molecule has 0 bridgehead atoms. The van der Waals surface area contributed by atoms with Gasteiger partial charge >= 0.3 is 5.97 Å². The average Bonchev–Trinajstić information content (AvgIpc) is 2.57. The van der Waals surface area contributed by atoms with Gasteiger partial charge in [-0.25, -0.2) is 4.79 Å². The molecule has 120 valence electrons. The average molecular weight is 350 g/mol. The number of amides is 1. The number of ether oxygens (including phenoxy) is 1. The van der Waals surface area contributed by atoms with Gasteiger partial charge in [-0.2, -0.15) is 0 Å². The Morgan fingerprint density at radius 2 is 1.74 bits per heavy atom. The molecule has 0 radical (unpaired) electrons. The van der Waals surface area contributed by atoms with Crippen LogP contribution in [0.5, 0.6) is 0 Å². The maximum absolute atomic E-state index is 11.8. The zero-order valence-electron chi connectivity index (χ0n) is 12.5. The number of esters is 1. The second-order valence-corrected chi connectivity index (χ2v) is 6.16. The first-order chi connectivity index (χ1) is 11.1. The Hall–Kier alpha value is -1.98. The summed E-state index contributed by atoms with van der Waals surface area (Å²) >= 11 is 7.30. The van der Waals surface area contributed by atoms with E-state index in [1.807, 2.05) is 12.1 Å². The maximum atomic E-state index is 11.8. The molecule has 0 aromatic heterocycles. The minimum atomic E-state index is -0.355. The van der Waals surface area contributed by atoms with Crippen LogP contribution in [-0.4, -0.2) is 24.7 Å². The molecule has 6 heteroatoms. The Morgan fingerprint density at radius 1 is 1.09 bits per heavy atom. The van der Waals surface area contributed by atoms with Gasteiger partial charge in [0, 0.05) is 16.5 Å². The van der Waals surface area contributed by atoms with E-state index in [0.29, 0.717) is 22.1 Å². The lowest BCUT2D eigenvalue weighted by atomic mass is 10.1. The minimum Gasteiger partial charge on any atom is -0.465 e. The van der Waals surface area contributed by atoms with Gasteiger partial charge in [0.25, 0.3) is 0 Å². The van der Waals surface area contributed by atoms with Crippen LogP contribution in [0.25, 0.3) is 0 Å². The number of hydrogen-bond acceptors (Lipinski definition) is 4. The van der Waals surface area contributed by atoms with Gasteiger partial charge in [0.2, 0.25) is 5.91 Å².